The van der Waals surface area contributed by atoms with Gasteiger partial charge in [0, 0.05) is 18.0 Å². The van der Waals surface area contributed by atoms with Crippen LogP contribution in [0.2, 0.25) is 0 Å². The number of primary amides is 1. The topological polar surface area (TPSA) is 88.8 Å². The zero-order chi connectivity index (χ0) is 10.8. The Kier molecular flexibility index (Phi) is 2.21. The number of carbonyl (C=O) groups is 1. The molecule has 2 aromatic heterocycles. The minimum absolute atomic E-state index is 0.0554. The van der Waals surface area contributed by atoms with Crippen LogP contribution in [-0.2, 0) is 11.2 Å². The van der Waals surface area contributed by atoms with E-state index in [0.717, 1.165) is 0 Å². The summed E-state index contributed by atoms with van der Waals surface area (Å²) in [6, 6.07) is 3.33. The number of hydrogen-bond donors (Lipinski definition) is 2. The third-order valence-electron chi connectivity index (χ3n) is 2.09. The molecule has 0 unspecified atom stereocenters. The highest BCUT2D eigenvalue weighted by Crippen LogP contribution is 2.03. The zero-order valence-electron chi connectivity index (χ0n) is 7.86. The van der Waals surface area contributed by atoms with Crippen LogP contribution < -0.4 is 11.2 Å². The van der Waals surface area contributed by atoms with Gasteiger partial charge in [0.2, 0.25) is 5.91 Å². The number of amides is 1. The van der Waals surface area contributed by atoms with Crippen molar-refractivity contribution in [3.8, 4) is 0 Å². The van der Waals surface area contributed by atoms with Gasteiger partial charge in [-0.05, 0) is 12.1 Å². The maximum Gasteiger partial charge on any atom is 0.222 e. The van der Waals surface area contributed by atoms with Crippen molar-refractivity contribution in [3.05, 3.63) is 40.3 Å². The SMILES string of the molecule is NC(=O)Cc1c[nH]c2ncccc2c1=O. The molecular formula is C10H9N3O2. The Labute approximate surface area is 84.9 Å². The van der Waals surface area contributed by atoms with Crippen molar-refractivity contribution in [3.63, 3.8) is 0 Å². The number of rotatable bonds is 2. The molecule has 0 aliphatic carbocycles. The Morgan fingerprint density at radius 1 is 1.53 bits per heavy atom. The summed E-state index contributed by atoms with van der Waals surface area (Å²) in [6.45, 7) is 0. The standard InChI is InChI=1S/C10H9N3O2/c11-8(14)4-6-5-13-10-7(9(6)15)2-1-3-12-10/h1-3,5H,4H2,(H2,11,14)(H,12,13,15). The van der Waals surface area contributed by atoms with Crippen molar-refractivity contribution in [1.82, 2.24) is 9.97 Å². The number of nitrogens with zero attached hydrogens (tertiary/aromatic N) is 1. The molecule has 2 aromatic rings. The lowest BCUT2D eigenvalue weighted by atomic mass is 10.1. The van der Waals surface area contributed by atoms with Crippen molar-refractivity contribution >= 4 is 16.9 Å². The Balaban J connectivity index is 2.65. The molecule has 15 heavy (non-hydrogen) atoms. The molecule has 1 amide bonds. The van der Waals surface area contributed by atoms with Gasteiger partial charge in [0.1, 0.15) is 5.65 Å². The van der Waals surface area contributed by atoms with Crippen molar-refractivity contribution in [2.75, 3.05) is 0 Å². The van der Waals surface area contributed by atoms with Gasteiger partial charge < -0.3 is 10.7 Å². The zero-order valence-corrected chi connectivity index (χ0v) is 7.86. The highest BCUT2D eigenvalue weighted by atomic mass is 16.1. The molecule has 0 saturated heterocycles. The molecule has 3 N–H and O–H groups in total. The lowest BCUT2D eigenvalue weighted by Crippen LogP contribution is -2.20. The lowest BCUT2D eigenvalue weighted by molar-refractivity contribution is -0.117. The van der Waals surface area contributed by atoms with Crippen molar-refractivity contribution in [2.24, 2.45) is 5.73 Å². The molecule has 0 spiro atoms. The molecule has 0 radical (unpaired) electrons. The molecule has 5 heteroatoms. The van der Waals surface area contributed by atoms with Crippen LogP contribution in [-0.4, -0.2) is 15.9 Å². The molecule has 76 valence electrons. The Morgan fingerprint density at radius 2 is 2.33 bits per heavy atom. The molecule has 5 nitrogen and oxygen atoms in total. The molecule has 0 bridgehead atoms. The van der Waals surface area contributed by atoms with Gasteiger partial charge in [-0.1, -0.05) is 0 Å². The fraction of sp³-hybridized carbons (Fsp3) is 0.100. The molecule has 2 heterocycles. The van der Waals surface area contributed by atoms with Gasteiger partial charge >= 0.3 is 0 Å². The largest absolute Gasteiger partial charge is 0.369 e. The summed E-state index contributed by atoms with van der Waals surface area (Å²) in [6.07, 6.45) is 3.01. The second kappa shape index (κ2) is 3.53. The van der Waals surface area contributed by atoms with Crippen LogP contribution in [0.25, 0.3) is 11.0 Å². The summed E-state index contributed by atoms with van der Waals surface area (Å²) in [5.74, 6) is -0.524. The van der Waals surface area contributed by atoms with Gasteiger partial charge in [0.05, 0.1) is 11.8 Å². The fourth-order valence-electron chi connectivity index (χ4n) is 1.42. The van der Waals surface area contributed by atoms with Gasteiger partial charge in [0.15, 0.2) is 5.43 Å². The smallest absolute Gasteiger partial charge is 0.222 e. The number of fused-ring (bicyclic) bond motifs is 1. The van der Waals surface area contributed by atoms with Gasteiger partial charge in [0.25, 0.3) is 0 Å². The predicted octanol–water partition coefficient (Wildman–Crippen LogP) is -0.0491. The summed E-state index contributed by atoms with van der Waals surface area (Å²) in [5.41, 5.74) is 5.71. The van der Waals surface area contributed by atoms with Crippen LogP contribution >= 0.6 is 0 Å². The summed E-state index contributed by atoms with van der Waals surface area (Å²) >= 11 is 0. The van der Waals surface area contributed by atoms with E-state index in [2.05, 4.69) is 9.97 Å². The van der Waals surface area contributed by atoms with Crippen molar-refractivity contribution in [2.45, 2.75) is 6.42 Å². The van der Waals surface area contributed by atoms with Crippen molar-refractivity contribution < 1.29 is 4.79 Å². The van der Waals surface area contributed by atoms with E-state index in [9.17, 15) is 9.59 Å². The first kappa shape index (κ1) is 9.39. The number of nitrogens with one attached hydrogen (secondary N) is 1. The number of H-pyrrole nitrogens is 1. The number of nitrogens with two attached hydrogens (primary N) is 1. The molecule has 0 aliphatic rings. The van der Waals surface area contributed by atoms with Crippen LogP contribution in [0, 0.1) is 0 Å². The minimum atomic E-state index is -0.524. The monoisotopic (exact) mass is 203 g/mol. The molecular weight excluding hydrogens is 194 g/mol. The van der Waals surface area contributed by atoms with E-state index < -0.39 is 5.91 Å². The normalized spacial score (nSPS) is 10.4. The second-order valence-corrected chi connectivity index (χ2v) is 3.19. The quantitative estimate of drug-likeness (QED) is 0.717. The summed E-state index contributed by atoms with van der Waals surface area (Å²) < 4.78 is 0. The van der Waals surface area contributed by atoms with Crippen LogP contribution in [0.4, 0.5) is 0 Å². The third kappa shape index (κ3) is 1.71. The number of aromatic amines is 1. The number of carbonyl (C=O) groups excluding carboxylic acids is 1. The first-order valence-electron chi connectivity index (χ1n) is 4.42. The molecule has 0 saturated carbocycles. The van der Waals surface area contributed by atoms with E-state index in [-0.39, 0.29) is 11.8 Å². The van der Waals surface area contributed by atoms with Crippen LogP contribution in [0.3, 0.4) is 0 Å². The summed E-state index contributed by atoms with van der Waals surface area (Å²) in [4.78, 5) is 29.3. The minimum Gasteiger partial charge on any atom is -0.369 e. The van der Waals surface area contributed by atoms with E-state index in [0.29, 0.717) is 16.6 Å². The number of aromatic nitrogens is 2. The van der Waals surface area contributed by atoms with Gasteiger partial charge in [-0.2, -0.15) is 0 Å². The molecule has 0 fully saturated rings. The average molecular weight is 203 g/mol. The Hall–Kier alpha value is -2.17. The number of pyridine rings is 2. The fourth-order valence-corrected chi connectivity index (χ4v) is 1.42. The van der Waals surface area contributed by atoms with E-state index in [4.69, 9.17) is 5.73 Å². The second-order valence-electron chi connectivity index (χ2n) is 3.19. The Morgan fingerprint density at radius 3 is 3.07 bits per heavy atom. The average Bonchev–Trinajstić information content (AvgIpc) is 2.22. The highest BCUT2D eigenvalue weighted by Gasteiger charge is 2.07. The van der Waals surface area contributed by atoms with Crippen LogP contribution in [0.15, 0.2) is 29.3 Å². The van der Waals surface area contributed by atoms with Crippen LogP contribution in [0.1, 0.15) is 5.56 Å². The summed E-state index contributed by atoms with van der Waals surface area (Å²) in [7, 11) is 0. The molecule has 0 aromatic carbocycles. The summed E-state index contributed by atoms with van der Waals surface area (Å²) in [5, 5.41) is 0.469. The third-order valence-corrected chi connectivity index (χ3v) is 2.09. The van der Waals surface area contributed by atoms with Crippen molar-refractivity contribution in [1.29, 1.82) is 0 Å². The molecule has 0 atom stereocenters. The Bertz CT molecular complexity index is 574. The van der Waals surface area contributed by atoms with Crippen LogP contribution in [0.5, 0.6) is 0 Å². The maximum absolute atomic E-state index is 11.8. The first-order valence-corrected chi connectivity index (χ1v) is 4.42. The molecule has 0 aliphatic heterocycles. The van der Waals surface area contributed by atoms with E-state index in [1.807, 2.05) is 0 Å². The predicted molar refractivity (Wildman–Crippen MR) is 55.3 cm³/mol. The first-order chi connectivity index (χ1) is 7.18. The lowest BCUT2D eigenvalue weighted by Gasteiger charge is -1.99. The van der Waals surface area contributed by atoms with Gasteiger partial charge in [-0.25, -0.2) is 4.98 Å². The molecule has 2 rings (SSSR count). The highest BCUT2D eigenvalue weighted by molar-refractivity contribution is 5.79. The van der Waals surface area contributed by atoms with E-state index >= 15 is 0 Å². The van der Waals surface area contributed by atoms with E-state index in [1.54, 1.807) is 18.3 Å². The van der Waals surface area contributed by atoms with E-state index in [1.165, 1.54) is 6.20 Å². The van der Waals surface area contributed by atoms with Gasteiger partial charge in [-0.3, -0.25) is 9.59 Å². The maximum atomic E-state index is 11.8. The number of hydrogen-bond acceptors (Lipinski definition) is 3. The van der Waals surface area contributed by atoms with Gasteiger partial charge in [-0.15, -0.1) is 0 Å².